The van der Waals surface area contributed by atoms with Crippen LogP contribution in [0.2, 0.25) is 0 Å². The first-order valence-electron chi connectivity index (χ1n) is 4.42. The zero-order chi connectivity index (χ0) is 9.14. The van der Waals surface area contributed by atoms with E-state index in [-0.39, 0.29) is 12.0 Å². The van der Waals surface area contributed by atoms with Gasteiger partial charge in [0.25, 0.3) is 0 Å². The van der Waals surface area contributed by atoms with E-state index < -0.39 is 11.1 Å². The van der Waals surface area contributed by atoms with Crippen LogP contribution < -0.4 is 5.73 Å². The number of nitrogens with two attached hydrogens (primary N) is 1. The van der Waals surface area contributed by atoms with Crippen LogP contribution in [0.3, 0.4) is 0 Å². The lowest BCUT2D eigenvalue weighted by atomic mass is 9.80. The molecule has 0 radical (unpaired) electrons. The molecular weight excluding hydrogens is 174 g/mol. The zero-order valence-electron chi connectivity index (χ0n) is 7.40. The van der Waals surface area contributed by atoms with E-state index in [1.54, 1.807) is 0 Å². The SMILES string of the molecule is C[C@@H]1CC[C@H](N)[C@H](CS(=O)O)C1. The lowest BCUT2D eigenvalue weighted by Gasteiger charge is -2.31. The number of hydrogen-bond donors (Lipinski definition) is 2. The van der Waals surface area contributed by atoms with Gasteiger partial charge in [-0.1, -0.05) is 6.92 Å². The summed E-state index contributed by atoms with van der Waals surface area (Å²) < 4.78 is 19.3. The van der Waals surface area contributed by atoms with E-state index >= 15 is 0 Å². The molecule has 0 aromatic rings. The predicted octanol–water partition coefficient (Wildman–Crippen LogP) is 0.972. The molecule has 1 rings (SSSR count). The van der Waals surface area contributed by atoms with Gasteiger partial charge in [0.1, 0.15) is 0 Å². The van der Waals surface area contributed by atoms with Crippen molar-refractivity contribution in [3.63, 3.8) is 0 Å². The van der Waals surface area contributed by atoms with Crippen LogP contribution in [0.15, 0.2) is 0 Å². The average molecular weight is 191 g/mol. The molecule has 0 aromatic carbocycles. The summed E-state index contributed by atoms with van der Waals surface area (Å²) in [6.07, 6.45) is 3.17. The molecule has 0 spiro atoms. The minimum atomic E-state index is -1.68. The highest BCUT2D eigenvalue weighted by Gasteiger charge is 2.26. The van der Waals surface area contributed by atoms with E-state index in [1.165, 1.54) is 0 Å². The molecular formula is C8H17NO2S. The van der Waals surface area contributed by atoms with Gasteiger partial charge in [-0.3, -0.25) is 0 Å². The third-order valence-electron chi connectivity index (χ3n) is 2.66. The van der Waals surface area contributed by atoms with Crippen LogP contribution >= 0.6 is 0 Å². The van der Waals surface area contributed by atoms with Gasteiger partial charge in [0, 0.05) is 6.04 Å². The second kappa shape index (κ2) is 4.35. The maximum Gasteiger partial charge on any atom is 0.153 e. The van der Waals surface area contributed by atoms with Gasteiger partial charge >= 0.3 is 0 Å². The van der Waals surface area contributed by atoms with E-state index in [4.69, 9.17) is 10.3 Å². The Morgan fingerprint density at radius 2 is 2.25 bits per heavy atom. The van der Waals surface area contributed by atoms with Crippen LogP contribution in [0.4, 0.5) is 0 Å². The van der Waals surface area contributed by atoms with Crippen LogP contribution in [-0.4, -0.2) is 20.6 Å². The van der Waals surface area contributed by atoms with Gasteiger partial charge in [0.05, 0.1) is 5.75 Å². The minimum absolute atomic E-state index is 0.136. The molecule has 1 saturated carbocycles. The quantitative estimate of drug-likeness (QED) is 0.639. The van der Waals surface area contributed by atoms with Gasteiger partial charge < -0.3 is 10.3 Å². The van der Waals surface area contributed by atoms with Crippen LogP contribution in [0.25, 0.3) is 0 Å². The summed E-state index contributed by atoms with van der Waals surface area (Å²) >= 11 is -1.68. The molecule has 3 N–H and O–H groups in total. The van der Waals surface area contributed by atoms with Crippen molar-refractivity contribution < 1.29 is 8.76 Å². The molecule has 0 saturated heterocycles. The monoisotopic (exact) mass is 191 g/mol. The topological polar surface area (TPSA) is 63.3 Å². The third kappa shape index (κ3) is 2.84. The van der Waals surface area contributed by atoms with Crippen molar-refractivity contribution in [2.75, 3.05) is 5.75 Å². The van der Waals surface area contributed by atoms with Crippen molar-refractivity contribution in [1.82, 2.24) is 0 Å². The van der Waals surface area contributed by atoms with Crippen LogP contribution in [-0.2, 0) is 11.1 Å². The highest BCUT2D eigenvalue weighted by Crippen LogP contribution is 2.28. The Morgan fingerprint density at radius 1 is 1.58 bits per heavy atom. The van der Waals surface area contributed by atoms with Crippen molar-refractivity contribution in [2.24, 2.45) is 17.6 Å². The summed E-state index contributed by atoms with van der Waals surface area (Å²) in [6.45, 7) is 2.18. The van der Waals surface area contributed by atoms with Gasteiger partial charge in [-0.15, -0.1) is 0 Å². The minimum Gasteiger partial charge on any atom is -0.327 e. The Balaban J connectivity index is 2.43. The van der Waals surface area contributed by atoms with E-state index in [2.05, 4.69) is 6.92 Å². The van der Waals surface area contributed by atoms with Crippen molar-refractivity contribution >= 4 is 11.1 Å². The van der Waals surface area contributed by atoms with Gasteiger partial charge in [0.2, 0.25) is 0 Å². The van der Waals surface area contributed by atoms with Gasteiger partial charge in [0.15, 0.2) is 11.1 Å². The lowest BCUT2D eigenvalue weighted by Crippen LogP contribution is -2.38. The normalized spacial score (nSPS) is 39.4. The number of rotatable bonds is 2. The van der Waals surface area contributed by atoms with E-state index in [9.17, 15) is 4.21 Å². The summed E-state index contributed by atoms with van der Waals surface area (Å²) in [5, 5.41) is 0. The largest absolute Gasteiger partial charge is 0.327 e. The molecule has 4 heteroatoms. The van der Waals surface area contributed by atoms with Crippen LogP contribution in [0, 0.1) is 11.8 Å². The maximum absolute atomic E-state index is 10.6. The first-order chi connectivity index (χ1) is 5.59. The Morgan fingerprint density at radius 3 is 2.83 bits per heavy atom. The second-order valence-electron chi connectivity index (χ2n) is 3.83. The summed E-state index contributed by atoms with van der Waals surface area (Å²) in [4.78, 5) is 0. The Kier molecular flexibility index (Phi) is 3.68. The maximum atomic E-state index is 10.6. The van der Waals surface area contributed by atoms with Gasteiger partial charge in [-0.05, 0) is 31.1 Å². The zero-order valence-corrected chi connectivity index (χ0v) is 8.22. The summed E-state index contributed by atoms with van der Waals surface area (Å²) in [5.74, 6) is 1.27. The summed E-state index contributed by atoms with van der Waals surface area (Å²) in [6, 6.07) is 0.136. The van der Waals surface area contributed by atoms with Gasteiger partial charge in [-0.2, -0.15) is 0 Å². The number of hydrogen-bond acceptors (Lipinski definition) is 2. The fourth-order valence-electron chi connectivity index (χ4n) is 1.90. The highest BCUT2D eigenvalue weighted by molar-refractivity contribution is 7.79. The predicted molar refractivity (Wildman–Crippen MR) is 50.1 cm³/mol. The molecule has 1 aliphatic rings. The van der Waals surface area contributed by atoms with Crippen molar-refractivity contribution in [1.29, 1.82) is 0 Å². The van der Waals surface area contributed by atoms with E-state index in [1.807, 2.05) is 0 Å². The highest BCUT2D eigenvalue weighted by atomic mass is 32.2. The Hall–Kier alpha value is 0.0700. The first-order valence-corrected chi connectivity index (χ1v) is 5.70. The van der Waals surface area contributed by atoms with Crippen LogP contribution in [0.5, 0.6) is 0 Å². The molecule has 4 atom stereocenters. The molecule has 0 aromatic heterocycles. The smallest absolute Gasteiger partial charge is 0.153 e. The first kappa shape index (κ1) is 10.2. The standard InChI is InChI=1S/C8H17NO2S/c1-6-2-3-8(9)7(4-6)5-12(10)11/h6-8H,2-5,9H2,1H3,(H,10,11)/t6-,7+,8+/m1/s1. The van der Waals surface area contributed by atoms with E-state index in [0.29, 0.717) is 11.7 Å². The van der Waals surface area contributed by atoms with Crippen LogP contribution in [0.1, 0.15) is 26.2 Å². The Labute approximate surface area is 76.0 Å². The summed E-state index contributed by atoms with van der Waals surface area (Å²) in [7, 11) is 0. The molecule has 1 aliphatic carbocycles. The molecule has 0 heterocycles. The Bertz CT molecular complexity index is 174. The molecule has 1 unspecified atom stereocenters. The molecule has 0 amide bonds. The molecule has 0 aliphatic heterocycles. The fraction of sp³-hybridized carbons (Fsp3) is 1.00. The fourth-order valence-corrected chi connectivity index (χ4v) is 2.65. The molecule has 12 heavy (non-hydrogen) atoms. The third-order valence-corrected chi connectivity index (χ3v) is 3.37. The molecule has 0 bridgehead atoms. The van der Waals surface area contributed by atoms with Gasteiger partial charge in [-0.25, -0.2) is 4.21 Å². The second-order valence-corrected chi connectivity index (χ2v) is 4.81. The van der Waals surface area contributed by atoms with Crippen molar-refractivity contribution in [2.45, 2.75) is 32.2 Å². The average Bonchev–Trinajstić information content (AvgIpc) is 1.96. The summed E-state index contributed by atoms with van der Waals surface area (Å²) in [5.41, 5.74) is 5.84. The van der Waals surface area contributed by atoms with E-state index in [0.717, 1.165) is 19.3 Å². The molecule has 3 nitrogen and oxygen atoms in total. The molecule has 1 fully saturated rings. The lowest BCUT2D eigenvalue weighted by molar-refractivity contribution is 0.264. The molecule has 72 valence electrons. The van der Waals surface area contributed by atoms with Crippen molar-refractivity contribution in [3.8, 4) is 0 Å². The van der Waals surface area contributed by atoms with Crippen molar-refractivity contribution in [3.05, 3.63) is 0 Å².